The lowest BCUT2D eigenvalue weighted by atomic mass is 10.1. The van der Waals surface area contributed by atoms with Crippen molar-refractivity contribution in [3.05, 3.63) is 151 Å². The van der Waals surface area contributed by atoms with Gasteiger partial charge in [-0.05, 0) is 97.1 Å². The van der Waals surface area contributed by atoms with Gasteiger partial charge in [-0.15, -0.1) is 5.10 Å². The Morgan fingerprint density at radius 1 is 0.538 bits per heavy atom. The van der Waals surface area contributed by atoms with Crippen LogP contribution in [0.3, 0.4) is 0 Å². The zero-order valence-corrected chi connectivity index (χ0v) is 26.7. The first-order valence-electron chi connectivity index (χ1n) is 15.7. The lowest BCUT2D eigenvalue weighted by molar-refractivity contribution is 0.588. The third-order valence-electron chi connectivity index (χ3n) is 7.83. The number of halogens is 4. The molecular formula is C38H23F4N9O. The Balaban J connectivity index is 1.10. The molecule has 0 spiro atoms. The molecule has 3 aromatic heterocycles. The number of aromatic nitrogens is 7. The maximum atomic E-state index is 14.5. The number of hydrogen-bond acceptors (Lipinski definition) is 9. The first-order valence-corrected chi connectivity index (χ1v) is 15.7. The van der Waals surface area contributed by atoms with Crippen LogP contribution >= 0.6 is 0 Å². The highest BCUT2D eigenvalue weighted by molar-refractivity contribution is 5.79. The van der Waals surface area contributed by atoms with E-state index in [0.717, 1.165) is 0 Å². The standard InChI is InChI=1S/C38H23F4N9O/c39-25-15-9-22(10-16-25)33-34(23-11-17-26(40)18-12-23)52-36(45-33)24-13-19-27(20-14-24)51-21-32(49-50-51)35-46-37(43-30-7-3-1-5-28(30)41)48-38(47-35)44-31-8-4-2-6-29(31)42/h1-21H,(H2,43,44,46,47,48). The van der Waals surface area contributed by atoms with Gasteiger partial charge in [0.15, 0.2) is 17.3 Å². The van der Waals surface area contributed by atoms with Crippen LogP contribution in [0.2, 0.25) is 0 Å². The molecule has 8 aromatic rings. The summed E-state index contributed by atoms with van der Waals surface area (Å²) in [6.45, 7) is 0. The van der Waals surface area contributed by atoms with Crippen molar-refractivity contribution >= 4 is 23.3 Å². The molecule has 0 unspecified atom stereocenters. The molecule has 0 amide bonds. The molecule has 5 aromatic carbocycles. The van der Waals surface area contributed by atoms with Gasteiger partial charge in [0.2, 0.25) is 17.8 Å². The van der Waals surface area contributed by atoms with Crippen molar-refractivity contribution in [1.82, 2.24) is 34.9 Å². The van der Waals surface area contributed by atoms with E-state index in [4.69, 9.17) is 9.40 Å². The van der Waals surface area contributed by atoms with E-state index in [0.29, 0.717) is 39.7 Å². The molecule has 8 rings (SSSR count). The molecule has 14 heteroatoms. The van der Waals surface area contributed by atoms with Gasteiger partial charge in [-0.2, -0.15) is 15.0 Å². The molecule has 0 aliphatic rings. The Labute approximate surface area is 292 Å². The third kappa shape index (κ3) is 6.67. The summed E-state index contributed by atoms with van der Waals surface area (Å²) in [5.41, 5.74) is 3.45. The molecule has 254 valence electrons. The maximum Gasteiger partial charge on any atom is 0.232 e. The fourth-order valence-electron chi connectivity index (χ4n) is 5.26. The average molecular weight is 698 g/mol. The fourth-order valence-corrected chi connectivity index (χ4v) is 5.26. The highest BCUT2D eigenvalue weighted by atomic mass is 19.1. The first kappa shape index (κ1) is 32.0. The summed E-state index contributed by atoms with van der Waals surface area (Å²) in [5, 5.41) is 14.2. The van der Waals surface area contributed by atoms with Crippen molar-refractivity contribution in [2.45, 2.75) is 0 Å². The topological polar surface area (TPSA) is 119 Å². The smallest absolute Gasteiger partial charge is 0.232 e. The third-order valence-corrected chi connectivity index (χ3v) is 7.83. The van der Waals surface area contributed by atoms with Gasteiger partial charge in [0.1, 0.15) is 29.0 Å². The van der Waals surface area contributed by atoms with Crippen LogP contribution < -0.4 is 10.6 Å². The average Bonchev–Trinajstić information content (AvgIpc) is 3.84. The minimum absolute atomic E-state index is 0.0150. The SMILES string of the molecule is Fc1ccc(-c2nc(-c3ccc(-n4cc(-c5nc(Nc6ccccc6F)nc(Nc6ccccc6F)n5)nn4)cc3)oc2-c2ccc(F)cc2)cc1. The molecule has 3 heterocycles. The lowest BCUT2D eigenvalue weighted by Gasteiger charge is -2.10. The normalized spacial score (nSPS) is 11.1. The molecule has 0 bridgehead atoms. The molecule has 2 N–H and O–H groups in total. The van der Waals surface area contributed by atoms with E-state index in [2.05, 4.69) is 35.9 Å². The van der Waals surface area contributed by atoms with Crippen LogP contribution in [0.5, 0.6) is 0 Å². The Hall–Kier alpha value is -7.22. The van der Waals surface area contributed by atoms with Gasteiger partial charge >= 0.3 is 0 Å². The van der Waals surface area contributed by atoms with Gasteiger partial charge in [0.05, 0.1) is 23.3 Å². The summed E-state index contributed by atoms with van der Waals surface area (Å²) < 4.78 is 64.0. The van der Waals surface area contributed by atoms with E-state index >= 15 is 0 Å². The summed E-state index contributed by atoms with van der Waals surface area (Å²) >= 11 is 0. The number of anilines is 4. The monoisotopic (exact) mass is 697 g/mol. The number of oxazole rings is 1. The number of benzene rings is 5. The molecule has 52 heavy (non-hydrogen) atoms. The summed E-state index contributed by atoms with van der Waals surface area (Å²) in [6.07, 6.45) is 1.59. The van der Waals surface area contributed by atoms with E-state index in [1.807, 2.05) is 0 Å². The molecule has 0 fully saturated rings. The Morgan fingerprint density at radius 3 is 1.65 bits per heavy atom. The van der Waals surface area contributed by atoms with E-state index in [1.165, 1.54) is 53.2 Å². The number of nitrogens with zero attached hydrogens (tertiary/aromatic N) is 7. The Bertz CT molecular complexity index is 2390. The van der Waals surface area contributed by atoms with Crippen LogP contribution in [0.25, 0.3) is 51.2 Å². The second kappa shape index (κ2) is 13.6. The number of para-hydroxylation sites is 2. The van der Waals surface area contributed by atoms with Gasteiger partial charge in [-0.1, -0.05) is 29.5 Å². The van der Waals surface area contributed by atoms with Gasteiger partial charge in [0, 0.05) is 16.7 Å². The predicted molar refractivity (Wildman–Crippen MR) is 186 cm³/mol. The molecule has 0 saturated heterocycles. The van der Waals surface area contributed by atoms with Crippen molar-refractivity contribution in [1.29, 1.82) is 0 Å². The molecule has 0 atom stereocenters. The number of rotatable bonds is 9. The van der Waals surface area contributed by atoms with Crippen LogP contribution in [-0.4, -0.2) is 34.9 Å². The van der Waals surface area contributed by atoms with Crippen LogP contribution in [0.4, 0.5) is 40.8 Å². The van der Waals surface area contributed by atoms with E-state index in [-0.39, 0.29) is 34.8 Å². The fraction of sp³-hybridized carbons (Fsp3) is 0. The van der Waals surface area contributed by atoms with Crippen LogP contribution in [0.1, 0.15) is 0 Å². The minimum Gasteiger partial charge on any atom is -0.435 e. The maximum absolute atomic E-state index is 14.5. The second-order valence-corrected chi connectivity index (χ2v) is 11.3. The number of hydrogen-bond donors (Lipinski definition) is 2. The molecule has 10 nitrogen and oxygen atoms in total. The Morgan fingerprint density at radius 2 is 1.08 bits per heavy atom. The van der Waals surface area contributed by atoms with Crippen LogP contribution in [0, 0.1) is 23.3 Å². The molecule has 0 aliphatic heterocycles. The molecule has 0 aliphatic carbocycles. The Kier molecular flexibility index (Phi) is 8.37. The summed E-state index contributed by atoms with van der Waals surface area (Å²) in [5.74, 6) is -1.09. The lowest BCUT2D eigenvalue weighted by Crippen LogP contribution is -2.07. The summed E-state index contributed by atoms with van der Waals surface area (Å²) in [4.78, 5) is 17.9. The second-order valence-electron chi connectivity index (χ2n) is 11.3. The van der Waals surface area contributed by atoms with Crippen molar-refractivity contribution in [3.8, 4) is 51.2 Å². The largest absolute Gasteiger partial charge is 0.435 e. The van der Waals surface area contributed by atoms with Gasteiger partial charge in [-0.3, -0.25) is 0 Å². The predicted octanol–water partition coefficient (Wildman–Crippen LogP) is 9.15. The molecule has 0 radical (unpaired) electrons. The van der Waals surface area contributed by atoms with Gasteiger partial charge in [-0.25, -0.2) is 27.2 Å². The highest BCUT2D eigenvalue weighted by Gasteiger charge is 2.20. The van der Waals surface area contributed by atoms with E-state index in [9.17, 15) is 17.6 Å². The van der Waals surface area contributed by atoms with Crippen LogP contribution in [-0.2, 0) is 0 Å². The van der Waals surface area contributed by atoms with E-state index < -0.39 is 23.3 Å². The zero-order chi connectivity index (χ0) is 35.6. The first-order chi connectivity index (χ1) is 25.4. The summed E-state index contributed by atoms with van der Waals surface area (Å²) in [6, 6.07) is 30.8. The van der Waals surface area contributed by atoms with Crippen molar-refractivity contribution in [2.75, 3.05) is 10.6 Å². The van der Waals surface area contributed by atoms with Crippen LogP contribution in [0.15, 0.2) is 132 Å². The van der Waals surface area contributed by atoms with Gasteiger partial charge < -0.3 is 15.1 Å². The van der Waals surface area contributed by atoms with Crippen molar-refractivity contribution in [3.63, 3.8) is 0 Å². The quantitative estimate of drug-likeness (QED) is 0.142. The van der Waals surface area contributed by atoms with Crippen molar-refractivity contribution in [2.24, 2.45) is 0 Å². The number of nitrogens with one attached hydrogen (secondary N) is 2. The zero-order valence-electron chi connectivity index (χ0n) is 26.7. The van der Waals surface area contributed by atoms with Gasteiger partial charge in [0.25, 0.3) is 0 Å². The van der Waals surface area contributed by atoms with Crippen molar-refractivity contribution < 1.29 is 22.0 Å². The highest BCUT2D eigenvalue weighted by Crippen LogP contribution is 2.36. The summed E-state index contributed by atoms with van der Waals surface area (Å²) in [7, 11) is 0. The molecule has 0 saturated carbocycles. The minimum atomic E-state index is -0.523. The van der Waals surface area contributed by atoms with E-state index in [1.54, 1.807) is 79.0 Å². The molecular weight excluding hydrogens is 674 g/mol.